The number of hydrogen-bond acceptors (Lipinski definition) is 10. The molecule has 0 spiro atoms. The Hall–Kier alpha value is -1.88. The molecular formula is C27H47N4O7P. The number of ketones is 2. The number of amides is 2. The first-order chi connectivity index (χ1) is 18.4. The first kappa shape index (κ1) is 35.1. The van der Waals surface area contributed by atoms with Crippen LogP contribution in [0.4, 0.5) is 0 Å². The van der Waals surface area contributed by atoms with Gasteiger partial charge in [0.15, 0.2) is 17.1 Å². The van der Waals surface area contributed by atoms with Crippen LogP contribution >= 0.6 is 9.24 Å². The summed E-state index contributed by atoms with van der Waals surface area (Å²) in [7, 11) is 2.11. The highest BCUT2D eigenvalue weighted by molar-refractivity contribution is 7.40. The van der Waals surface area contributed by atoms with Crippen LogP contribution in [-0.4, -0.2) is 97.0 Å². The van der Waals surface area contributed by atoms with Crippen molar-refractivity contribution in [2.45, 2.75) is 83.3 Å². The van der Waals surface area contributed by atoms with Crippen LogP contribution < -0.4 is 16.4 Å². The molecule has 4 unspecified atom stereocenters. The van der Waals surface area contributed by atoms with Crippen molar-refractivity contribution in [1.29, 1.82) is 0 Å². The summed E-state index contributed by atoms with van der Waals surface area (Å²) in [5.74, 6) is -0.900. The molecule has 222 valence electrons. The Morgan fingerprint density at radius 2 is 1.49 bits per heavy atom. The predicted octanol–water partition coefficient (Wildman–Crippen LogP) is 0.889. The number of imide groups is 1. The summed E-state index contributed by atoms with van der Waals surface area (Å²) in [5, 5.41) is 6.52. The molecule has 0 aliphatic carbocycles. The molecule has 39 heavy (non-hydrogen) atoms. The van der Waals surface area contributed by atoms with Crippen molar-refractivity contribution in [3.05, 3.63) is 12.2 Å². The Morgan fingerprint density at radius 1 is 0.923 bits per heavy atom. The van der Waals surface area contributed by atoms with E-state index in [2.05, 4.69) is 19.9 Å². The van der Waals surface area contributed by atoms with Gasteiger partial charge >= 0.3 is 0 Å². The monoisotopic (exact) mass is 570 g/mol. The minimum absolute atomic E-state index is 0.0225. The Labute approximate surface area is 234 Å². The lowest BCUT2D eigenvalue weighted by Crippen LogP contribution is -2.51. The summed E-state index contributed by atoms with van der Waals surface area (Å²) in [5.41, 5.74) is 4.16. The Balaban J connectivity index is 2.22. The maximum absolute atomic E-state index is 12.7. The summed E-state index contributed by atoms with van der Waals surface area (Å²) in [4.78, 5) is 61.0. The second-order valence-electron chi connectivity index (χ2n) is 10.2. The number of hydrogen-bond donors (Lipinski definition) is 3. The van der Waals surface area contributed by atoms with E-state index in [9.17, 15) is 24.0 Å². The summed E-state index contributed by atoms with van der Waals surface area (Å²) in [6.07, 6.45) is 5.90. The Bertz CT molecular complexity index is 866. The number of carbonyl (C=O) groups is 5. The summed E-state index contributed by atoms with van der Waals surface area (Å²) in [6, 6.07) is -0.456. The van der Waals surface area contributed by atoms with Crippen LogP contribution in [-0.2, 0) is 33.4 Å². The highest BCUT2D eigenvalue weighted by atomic mass is 31.0. The van der Waals surface area contributed by atoms with Crippen LogP contribution in [0.2, 0.25) is 0 Å². The molecule has 2 amide bonds. The number of carbonyl (C=O) groups excluding carboxylic acids is 5. The molecule has 0 aromatic carbocycles. The largest absolute Gasteiger partial charge is 0.378 e. The molecule has 12 heteroatoms. The molecule has 11 nitrogen and oxygen atoms in total. The minimum Gasteiger partial charge on any atom is -0.378 e. The lowest BCUT2D eigenvalue weighted by Gasteiger charge is -2.29. The standard InChI is InChI=1S/C27H47N4O7P/c1-5-26(3,21(32)12-15-31-23(34)10-11-24(31)35)30-14-16-37-17-18-38-19-22(33)27(4,6-2)29-13-8-7-9-20(28)25(36)39/h10-11,20,29-30H,5-9,12-19,28,39H2,1-4H3. The van der Waals surface area contributed by atoms with Gasteiger partial charge < -0.3 is 25.8 Å². The fourth-order valence-electron chi connectivity index (χ4n) is 3.92. The predicted molar refractivity (Wildman–Crippen MR) is 152 cm³/mol. The number of nitrogens with one attached hydrogen (secondary N) is 2. The average molecular weight is 571 g/mol. The van der Waals surface area contributed by atoms with Crippen molar-refractivity contribution in [3.8, 4) is 0 Å². The zero-order chi connectivity index (χ0) is 29.5. The molecule has 0 aromatic rings. The summed E-state index contributed by atoms with van der Waals surface area (Å²) >= 11 is 0. The molecule has 0 saturated heterocycles. The third-order valence-electron chi connectivity index (χ3n) is 7.30. The zero-order valence-electron chi connectivity index (χ0n) is 23.9. The number of nitrogens with zero attached hydrogens (tertiary/aromatic N) is 1. The number of ether oxygens (including phenoxy) is 2. The van der Waals surface area contributed by atoms with Gasteiger partial charge in [-0.1, -0.05) is 29.5 Å². The third kappa shape index (κ3) is 12.0. The fraction of sp³-hybridized carbons (Fsp3) is 0.741. The Kier molecular flexibility index (Phi) is 16.0. The molecular weight excluding hydrogens is 523 g/mol. The molecule has 1 heterocycles. The molecule has 1 aliphatic heterocycles. The van der Waals surface area contributed by atoms with Crippen LogP contribution in [0.3, 0.4) is 0 Å². The van der Waals surface area contributed by atoms with Gasteiger partial charge in [-0.3, -0.25) is 28.9 Å². The van der Waals surface area contributed by atoms with E-state index in [4.69, 9.17) is 15.2 Å². The molecule has 1 rings (SSSR count). The molecule has 0 bridgehead atoms. The van der Waals surface area contributed by atoms with Gasteiger partial charge in [0.1, 0.15) is 6.61 Å². The minimum atomic E-state index is -0.790. The second-order valence-corrected chi connectivity index (χ2v) is 10.7. The van der Waals surface area contributed by atoms with Crippen molar-refractivity contribution in [2.24, 2.45) is 5.73 Å². The maximum atomic E-state index is 12.7. The van der Waals surface area contributed by atoms with E-state index >= 15 is 0 Å². The van der Waals surface area contributed by atoms with Crippen LogP contribution in [0.15, 0.2) is 12.2 Å². The van der Waals surface area contributed by atoms with Gasteiger partial charge in [0.25, 0.3) is 11.8 Å². The number of nitrogens with two attached hydrogens (primary N) is 1. The normalized spacial score (nSPS) is 17.2. The second kappa shape index (κ2) is 17.7. The number of unbranched alkanes of at least 4 members (excludes halogenated alkanes) is 1. The SMILES string of the molecule is CCC(C)(NCCOCCOCC(=O)C(C)(CC)NCCCCC(N)C(=O)P)C(=O)CCN1C(=O)C=CC1=O. The van der Waals surface area contributed by atoms with E-state index in [1.807, 2.05) is 20.8 Å². The van der Waals surface area contributed by atoms with E-state index in [0.717, 1.165) is 17.7 Å². The van der Waals surface area contributed by atoms with Gasteiger partial charge in [-0.2, -0.15) is 0 Å². The topological polar surface area (TPSA) is 157 Å². The molecule has 0 fully saturated rings. The van der Waals surface area contributed by atoms with Crippen LogP contribution in [0.5, 0.6) is 0 Å². The van der Waals surface area contributed by atoms with E-state index in [0.29, 0.717) is 45.6 Å². The third-order valence-corrected chi connectivity index (χ3v) is 7.73. The molecule has 0 saturated carbocycles. The fourth-order valence-corrected chi connectivity index (χ4v) is 4.09. The highest BCUT2D eigenvalue weighted by Crippen LogP contribution is 2.15. The first-order valence-electron chi connectivity index (χ1n) is 13.7. The zero-order valence-corrected chi connectivity index (χ0v) is 25.0. The van der Waals surface area contributed by atoms with Gasteiger partial charge in [-0.25, -0.2) is 0 Å². The number of rotatable bonds is 23. The first-order valence-corrected chi connectivity index (χ1v) is 14.3. The van der Waals surface area contributed by atoms with Crippen molar-refractivity contribution in [1.82, 2.24) is 15.5 Å². The van der Waals surface area contributed by atoms with Gasteiger partial charge in [-0.05, 0) is 46.1 Å². The van der Waals surface area contributed by atoms with E-state index < -0.39 is 28.9 Å². The van der Waals surface area contributed by atoms with Crippen molar-refractivity contribution in [2.75, 3.05) is 46.1 Å². The van der Waals surface area contributed by atoms with Gasteiger partial charge in [-0.15, -0.1) is 0 Å². The van der Waals surface area contributed by atoms with Crippen molar-refractivity contribution >= 4 is 38.1 Å². The molecule has 4 atom stereocenters. The molecule has 0 radical (unpaired) electrons. The summed E-state index contributed by atoms with van der Waals surface area (Å²) in [6.45, 7) is 9.56. The summed E-state index contributed by atoms with van der Waals surface area (Å²) < 4.78 is 11.1. The lowest BCUT2D eigenvalue weighted by atomic mass is 9.91. The molecule has 4 N–H and O–H groups in total. The van der Waals surface area contributed by atoms with E-state index in [-0.39, 0.29) is 43.3 Å². The molecule has 0 aromatic heterocycles. The quantitative estimate of drug-likeness (QED) is 0.0916. The van der Waals surface area contributed by atoms with Gasteiger partial charge in [0.2, 0.25) is 0 Å². The van der Waals surface area contributed by atoms with Crippen LogP contribution in [0.1, 0.15) is 66.2 Å². The van der Waals surface area contributed by atoms with Gasteiger partial charge in [0, 0.05) is 31.7 Å². The van der Waals surface area contributed by atoms with Crippen molar-refractivity contribution in [3.63, 3.8) is 0 Å². The Morgan fingerprint density at radius 3 is 2.08 bits per heavy atom. The van der Waals surface area contributed by atoms with E-state index in [1.165, 1.54) is 12.2 Å². The van der Waals surface area contributed by atoms with Crippen molar-refractivity contribution < 1.29 is 33.4 Å². The van der Waals surface area contributed by atoms with Crippen LogP contribution in [0, 0.1) is 0 Å². The number of Topliss-reactive ketones (excluding diaryl/α,β-unsaturated/α-hetero) is 2. The maximum Gasteiger partial charge on any atom is 0.253 e. The smallest absolute Gasteiger partial charge is 0.253 e. The molecule has 1 aliphatic rings. The average Bonchev–Trinajstić information content (AvgIpc) is 3.24. The van der Waals surface area contributed by atoms with Crippen LogP contribution in [0.25, 0.3) is 0 Å². The van der Waals surface area contributed by atoms with E-state index in [1.54, 1.807) is 6.92 Å². The highest BCUT2D eigenvalue weighted by Gasteiger charge is 2.32. The lowest BCUT2D eigenvalue weighted by molar-refractivity contribution is -0.137. The van der Waals surface area contributed by atoms with Gasteiger partial charge in [0.05, 0.1) is 36.9 Å².